The molecule has 4 unspecified atom stereocenters. The number of hydrogen-bond donors (Lipinski definition) is 2. The molecule has 0 spiro atoms. The maximum absolute atomic E-state index is 13.6. The SMILES string of the molecule is CC12CC3(C)C(=O)C(C)(CC(C)(C1=O)C3(c1ccccc1)P(=O)(O)O)C2=O. The molecule has 1 aromatic rings. The molecule has 4 atom stereocenters. The standard InChI is InChI=1S/C20H23O6P/c1-16-10-18(3)15(23)17(2,13(16)21)11-19(4,14(16)22)20(18,27(24,25)26)12-8-6-5-7-9-12/h5-9H,10-11H2,1-4H3,(H2,24,25,26). The van der Waals surface area contributed by atoms with Crippen molar-refractivity contribution in [2.45, 2.75) is 45.7 Å². The minimum Gasteiger partial charge on any atom is -0.324 e. The average Bonchev–Trinajstić information content (AvgIpc) is 2.56. The molecule has 27 heavy (non-hydrogen) atoms. The molecular weight excluding hydrogens is 367 g/mol. The Morgan fingerprint density at radius 3 is 1.56 bits per heavy atom. The van der Waals surface area contributed by atoms with Gasteiger partial charge in [0.2, 0.25) is 0 Å². The van der Waals surface area contributed by atoms with Crippen molar-refractivity contribution in [3.05, 3.63) is 35.9 Å². The van der Waals surface area contributed by atoms with Crippen LogP contribution in [-0.4, -0.2) is 27.1 Å². The van der Waals surface area contributed by atoms with Gasteiger partial charge in [-0.25, -0.2) is 0 Å². The van der Waals surface area contributed by atoms with Crippen molar-refractivity contribution in [2.75, 3.05) is 0 Å². The van der Waals surface area contributed by atoms with Crippen LogP contribution >= 0.6 is 7.60 Å². The number of ketones is 3. The topological polar surface area (TPSA) is 109 Å². The third kappa shape index (κ3) is 1.60. The molecule has 7 heteroatoms. The Hall–Kier alpha value is -1.62. The molecule has 0 radical (unpaired) electrons. The van der Waals surface area contributed by atoms with Gasteiger partial charge in [-0.3, -0.25) is 18.9 Å². The van der Waals surface area contributed by atoms with Gasteiger partial charge in [0, 0.05) is 0 Å². The first-order chi connectivity index (χ1) is 12.2. The summed E-state index contributed by atoms with van der Waals surface area (Å²) in [7, 11) is -5.02. The summed E-state index contributed by atoms with van der Waals surface area (Å²) in [5, 5.41) is -2.00. The maximum Gasteiger partial charge on any atom is 0.338 e. The van der Waals surface area contributed by atoms with E-state index in [1.807, 2.05) is 0 Å². The molecule has 1 aromatic carbocycles. The van der Waals surface area contributed by atoms with E-state index < -0.39 is 51.8 Å². The van der Waals surface area contributed by atoms with E-state index in [0.29, 0.717) is 0 Å². The molecule has 4 aliphatic carbocycles. The van der Waals surface area contributed by atoms with E-state index in [1.165, 1.54) is 27.7 Å². The molecule has 144 valence electrons. The van der Waals surface area contributed by atoms with Crippen LogP contribution in [-0.2, 0) is 24.1 Å². The molecule has 0 aromatic heterocycles. The molecule has 4 fully saturated rings. The predicted molar refractivity (Wildman–Crippen MR) is 96.8 cm³/mol. The van der Waals surface area contributed by atoms with Gasteiger partial charge in [0.15, 0.2) is 17.3 Å². The van der Waals surface area contributed by atoms with Crippen molar-refractivity contribution in [1.82, 2.24) is 0 Å². The summed E-state index contributed by atoms with van der Waals surface area (Å²) in [6, 6.07) is 8.16. The first kappa shape index (κ1) is 18.7. The quantitative estimate of drug-likeness (QED) is 0.594. The molecule has 0 amide bonds. The van der Waals surface area contributed by atoms with Gasteiger partial charge in [0.05, 0.1) is 21.7 Å². The molecule has 0 heterocycles. The van der Waals surface area contributed by atoms with Crippen molar-refractivity contribution < 1.29 is 28.7 Å². The van der Waals surface area contributed by atoms with Crippen LogP contribution in [0.3, 0.4) is 0 Å². The Balaban J connectivity index is 2.21. The highest BCUT2D eigenvalue weighted by Gasteiger charge is 2.88. The minimum absolute atomic E-state index is 0.179. The predicted octanol–water partition coefficient (Wildman–Crippen LogP) is 2.61. The second-order valence-electron chi connectivity index (χ2n) is 9.29. The summed E-state index contributed by atoms with van der Waals surface area (Å²) in [5.74, 6) is -1.34. The lowest BCUT2D eigenvalue weighted by molar-refractivity contribution is -0.203. The highest BCUT2D eigenvalue weighted by atomic mass is 31.2. The summed E-state index contributed by atoms with van der Waals surface area (Å²) >= 11 is 0. The van der Waals surface area contributed by atoms with Gasteiger partial charge < -0.3 is 9.79 Å². The Kier molecular flexibility index (Phi) is 3.24. The summed E-state index contributed by atoms with van der Waals surface area (Å²) in [4.78, 5) is 61.6. The molecule has 6 nitrogen and oxygen atoms in total. The smallest absolute Gasteiger partial charge is 0.324 e. The molecule has 0 saturated heterocycles. The third-order valence-corrected chi connectivity index (χ3v) is 9.77. The molecule has 4 aliphatic rings. The number of Topliss-reactive ketones (excluding diaryl/α,β-unsaturated/α-hetero) is 3. The largest absolute Gasteiger partial charge is 0.338 e. The zero-order chi connectivity index (χ0) is 20.3. The van der Waals surface area contributed by atoms with Gasteiger partial charge in [-0.15, -0.1) is 0 Å². The van der Waals surface area contributed by atoms with Crippen LogP contribution in [0, 0.1) is 21.7 Å². The summed E-state index contributed by atoms with van der Waals surface area (Å²) < 4.78 is 13.1. The molecule has 2 N–H and O–H groups in total. The van der Waals surface area contributed by atoms with Crippen LogP contribution in [0.5, 0.6) is 0 Å². The van der Waals surface area contributed by atoms with E-state index in [-0.39, 0.29) is 18.4 Å². The lowest BCUT2D eigenvalue weighted by Gasteiger charge is -2.72. The molecule has 4 saturated carbocycles. The Bertz CT molecular complexity index is 920. The van der Waals surface area contributed by atoms with Crippen molar-refractivity contribution in [1.29, 1.82) is 0 Å². The van der Waals surface area contributed by atoms with E-state index >= 15 is 0 Å². The Morgan fingerprint density at radius 2 is 1.19 bits per heavy atom. The van der Waals surface area contributed by atoms with E-state index in [2.05, 4.69) is 0 Å². The van der Waals surface area contributed by atoms with Gasteiger partial charge >= 0.3 is 7.60 Å². The second-order valence-corrected chi connectivity index (χ2v) is 11.0. The summed E-state index contributed by atoms with van der Waals surface area (Å²) in [6.45, 7) is 6.14. The van der Waals surface area contributed by atoms with Gasteiger partial charge in [-0.05, 0) is 32.3 Å². The van der Waals surface area contributed by atoms with Gasteiger partial charge in [0.1, 0.15) is 5.16 Å². The normalized spacial score (nSPS) is 46.2. The molecule has 5 rings (SSSR count). The Labute approximate surface area is 157 Å². The molecule has 4 bridgehead atoms. The first-order valence-electron chi connectivity index (χ1n) is 8.99. The number of carbonyl (C=O) groups is 3. The number of benzene rings is 1. The number of hydrogen-bond acceptors (Lipinski definition) is 4. The molecular formula is C20H23O6P. The van der Waals surface area contributed by atoms with E-state index in [1.54, 1.807) is 30.3 Å². The van der Waals surface area contributed by atoms with Crippen LogP contribution in [0.4, 0.5) is 0 Å². The zero-order valence-corrected chi connectivity index (χ0v) is 16.7. The fourth-order valence-electron chi connectivity index (χ4n) is 7.25. The van der Waals surface area contributed by atoms with Gasteiger partial charge in [-0.2, -0.15) is 0 Å². The fourth-order valence-corrected chi connectivity index (χ4v) is 9.38. The second kappa shape index (κ2) is 4.68. The van der Waals surface area contributed by atoms with Crippen LogP contribution in [0.2, 0.25) is 0 Å². The van der Waals surface area contributed by atoms with E-state index in [4.69, 9.17) is 0 Å². The van der Waals surface area contributed by atoms with Crippen molar-refractivity contribution in [3.63, 3.8) is 0 Å². The zero-order valence-electron chi connectivity index (χ0n) is 15.8. The average molecular weight is 390 g/mol. The first-order valence-corrected chi connectivity index (χ1v) is 10.6. The van der Waals surface area contributed by atoms with Crippen molar-refractivity contribution >= 4 is 24.9 Å². The maximum atomic E-state index is 13.6. The van der Waals surface area contributed by atoms with Gasteiger partial charge in [-0.1, -0.05) is 44.2 Å². The van der Waals surface area contributed by atoms with E-state index in [9.17, 15) is 28.7 Å². The van der Waals surface area contributed by atoms with Crippen molar-refractivity contribution in [2.24, 2.45) is 21.7 Å². The highest BCUT2D eigenvalue weighted by molar-refractivity contribution is 7.53. The lowest BCUT2D eigenvalue weighted by Crippen LogP contribution is -2.81. The highest BCUT2D eigenvalue weighted by Crippen LogP contribution is 2.84. The van der Waals surface area contributed by atoms with Crippen molar-refractivity contribution in [3.8, 4) is 0 Å². The van der Waals surface area contributed by atoms with Crippen LogP contribution in [0.25, 0.3) is 0 Å². The monoisotopic (exact) mass is 390 g/mol. The van der Waals surface area contributed by atoms with Gasteiger partial charge in [0.25, 0.3) is 0 Å². The van der Waals surface area contributed by atoms with Crippen LogP contribution < -0.4 is 0 Å². The lowest BCUT2D eigenvalue weighted by atomic mass is 9.31. The van der Waals surface area contributed by atoms with Crippen LogP contribution in [0.1, 0.15) is 46.1 Å². The molecule has 0 aliphatic heterocycles. The minimum atomic E-state index is -5.02. The van der Waals surface area contributed by atoms with E-state index in [0.717, 1.165) is 0 Å². The summed E-state index contributed by atoms with van der Waals surface area (Å²) in [5.41, 5.74) is -5.60. The Morgan fingerprint density at radius 1 is 0.778 bits per heavy atom. The number of rotatable bonds is 2. The fraction of sp³-hybridized carbons (Fsp3) is 0.550. The summed E-state index contributed by atoms with van der Waals surface area (Å²) in [6.07, 6.45) is -0.358. The van der Waals surface area contributed by atoms with Crippen LogP contribution in [0.15, 0.2) is 30.3 Å². The number of carbonyl (C=O) groups excluding carboxylic acids is 3. The third-order valence-electron chi connectivity index (χ3n) is 7.65.